The summed E-state index contributed by atoms with van der Waals surface area (Å²) in [4.78, 5) is 16.0. The van der Waals surface area contributed by atoms with Crippen molar-refractivity contribution in [3.63, 3.8) is 0 Å². The first-order chi connectivity index (χ1) is 15.0. The molecular formula is C21H23F3N4O3S. The van der Waals surface area contributed by atoms with Crippen molar-refractivity contribution in [1.29, 1.82) is 0 Å². The highest BCUT2D eigenvalue weighted by atomic mass is 32.2. The van der Waals surface area contributed by atoms with Crippen LogP contribution in [-0.2, 0) is 21.4 Å². The summed E-state index contributed by atoms with van der Waals surface area (Å²) in [5.74, 6) is -1.10. The Hall–Kier alpha value is -3.34. The maximum absolute atomic E-state index is 14.4. The molecule has 1 aromatic heterocycles. The zero-order valence-electron chi connectivity index (χ0n) is 17.5. The fourth-order valence-corrected chi connectivity index (χ4v) is 3.29. The number of benzene rings is 1. The average molecular weight is 469 g/mol. The predicted molar refractivity (Wildman–Crippen MR) is 119 cm³/mol. The number of anilines is 2. The van der Waals surface area contributed by atoms with Crippen molar-refractivity contribution in [1.82, 2.24) is 10.3 Å². The van der Waals surface area contributed by atoms with Crippen LogP contribution in [0, 0.1) is 5.82 Å². The van der Waals surface area contributed by atoms with Gasteiger partial charge in [-0.3, -0.25) is 9.52 Å². The maximum Gasteiger partial charge on any atom is 0.280 e. The van der Waals surface area contributed by atoms with E-state index in [1.54, 1.807) is 6.92 Å². The summed E-state index contributed by atoms with van der Waals surface area (Å²) in [6, 6.07) is 5.19. The Morgan fingerprint density at radius 3 is 2.56 bits per heavy atom. The molecule has 0 atom stereocenters. The molecular weight excluding hydrogens is 445 g/mol. The van der Waals surface area contributed by atoms with Crippen LogP contribution in [0.25, 0.3) is 12.2 Å². The second-order valence-corrected chi connectivity index (χ2v) is 8.42. The van der Waals surface area contributed by atoms with E-state index >= 15 is 0 Å². The highest BCUT2D eigenvalue weighted by Crippen LogP contribution is 2.25. The summed E-state index contributed by atoms with van der Waals surface area (Å²) in [6.07, 6.45) is 2.10. The highest BCUT2D eigenvalue weighted by molar-refractivity contribution is 7.92. The van der Waals surface area contributed by atoms with Crippen LogP contribution in [0.2, 0.25) is 0 Å². The number of aromatic nitrogens is 1. The van der Waals surface area contributed by atoms with Gasteiger partial charge in [-0.25, -0.2) is 26.6 Å². The number of amides is 1. The van der Waals surface area contributed by atoms with Gasteiger partial charge in [-0.05, 0) is 42.8 Å². The van der Waals surface area contributed by atoms with Crippen LogP contribution in [0.15, 0.2) is 36.9 Å². The summed E-state index contributed by atoms with van der Waals surface area (Å²) in [5, 5.41) is 5.44. The number of carbonyl (C=O) groups excluding carboxylic acids is 1. The molecule has 2 aromatic rings. The minimum Gasteiger partial charge on any atom is -0.370 e. The summed E-state index contributed by atoms with van der Waals surface area (Å²) >= 11 is 0. The van der Waals surface area contributed by atoms with Gasteiger partial charge >= 0.3 is 0 Å². The zero-order chi connectivity index (χ0) is 23.9. The lowest BCUT2D eigenvalue weighted by atomic mass is 10.1. The summed E-state index contributed by atoms with van der Waals surface area (Å²) in [6.45, 7) is 5.74. The van der Waals surface area contributed by atoms with Crippen molar-refractivity contribution in [2.24, 2.45) is 0 Å². The van der Waals surface area contributed by atoms with E-state index in [1.165, 1.54) is 36.4 Å². The van der Waals surface area contributed by atoms with E-state index < -0.39 is 28.2 Å². The Morgan fingerprint density at radius 1 is 1.25 bits per heavy atom. The Labute approximate surface area is 184 Å². The first kappa shape index (κ1) is 24.9. The molecule has 2 rings (SSSR count). The standard InChI is InChI=1S/C21H23F3N4O3S/c1-4-14-10-13(11-16(22)19(14)28-32(3,30)31)12-26-18(29)9-7-15-6-8-17(20(23)24)27-21(15)25-5-2/h4,6-11,20,28H,1,5,12H2,2-3H3,(H,25,27)(H,26,29)/b9-7+. The Kier molecular flexibility index (Phi) is 8.41. The molecule has 0 fully saturated rings. The highest BCUT2D eigenvalue weighted by Gasteiger charge is 2.14. The van der Waals surface area contributed by atoms with Gasteiger partial charge in [-0.15, -0.1) is 0 Å². The van der Waals surface area contributed by atoms with Crippen LogP contribution in [0.4, 0.5) is 24.7 Å². The fraction of sp³-hybridized carbons (Fsp3) is 0.238. The third-order valence-electron chi connectivity index (χ3n) is 4.08. The molecule has 0 aliphatic heterocycles. The minimum absolute atomic E-state index is 0.0390. The third-order valence-corrected chi connectivity index (χ3v) is 4.66. The fourth-order valence-electron chi connectivity index (χ4n) is 2.71. The van der Waals surface area contributed by atoms with Crippen LogP contribution in [-0.4, -0.2) is 32.1 Å². The van der Waals surface area contributed by atoms with Crippen LogP contribution in [0.5, 0.6) is 0 Å². The molecule has 0 unspecified atom stereocenters. The normalized spacial score (nSPS) is 11.6. The third kappa shape index (κ3) is 7.12. The van der Waals surface area contributed by atoms with Gasteiger partial charge in [0.25, 0.3) is 6.43 Å². The van der Waals surface area contributed by atoms with E-state index in [9.17, 15) is 26.4 Å². The zero-order valence-corrected chi connectivity index (χ0v) is 18.3. The van der Waals surface area contributed by atoms with Gasteiger partial charge in [0.05, 0.1) is 11.9 Å². The molecule has 1 amide bonds. The molecule has 3 N–H and O–H groups in total. The summed E-state index contributed by atoms with van der Waals surface area (Å²) < 4.78 is 65.0. The molecule has 0 spiro atoms. The van der Waals surface area contributed by atoms with Gasteiger partial charge in [-0.2, -0.15) is 0 Å². The maximum atomic E-state index is 14.4. The second kappa shape index (κ2) is 10.8. The van der Waals surface area contributed by atoms with Crippen LogP contribution >= 0.6 is 0 Å². The van der Waals surface area contributed by atoms with Gasteiger partial charge in [0.15, 0.2) is 0 Å². The van der Waals surface area contributed by atoms with E-state index in [0.29, 0.717) is 17.7 Å². The van der Waals surface area contributed by atoms with Crippen LogP contribution < -0.4 is 15.4 Å². The molecule has 32 heavy (non-hydrogen) atoms. The molecule has 0 radical (unpaired) electrons. The van der Waals surface area contributed by atoms with Crippen LogP contribution in [0.3, 0.4) is 0 Å². The van der Waals surface area contributed by atoms with E-state index in [4.69, 9.17) is 0 Å². The van der Waals surface area contributed by atoms with Gasteiger partial charge in [0, 0.05) is 30.3 Å². The molecule has 0 aliphatic carbocycles. The summed E-state index contributed by atoms with van der Waals surface area (Å²) in [5.41, 5.74) is 0.442. The number of halogens is 3. The van der Waals surface area contributed by atoms with Crippen molar-refractivity contribution in [2.75, 3.05) is 22.8 Å². The van der Waals surface area contributed by atoms with Crippen molar-refractivity contribution in [2.45, 2.75) is 19.9 Å². The number of hydrogen-bond donors (Lipinski definition) is 3. The number of nitrogens with zero attached hydrogens (tertiary/aromatic N) is 1. The van der Waals surface area contributed by atoms with Crippen molar-refractivity contribution in [3.8, 4) is 0 Å². The quantitative estimate of drug-likeness (QED) is 0.459. The number of rotatable bonds is 10. The largest absolute Gasteiger partial charge is 0.370 e. The minimum atomic E-state index is -3.69. The number of pyridine rings is 1. The molecule has 7 nitrogen and oxygen atoms in total. The Balaban J connectivity index is 2.12. The Morgan fingerprint density at radius 2 is 1.97 bits per heavy atom. The Bertz CT molecular complexity index is 1140. The van der Waals surface area contributed by atoms with Gasteiger partial charge in [0.1, 0.15) is 17.3 Å². The number of sulfonamides is 1. The smallest absolute Gasteiger partial charge is 0.280 e. The van der Waals surface area contributed by atoms with E-state index in [-0.39, 0.29) is 29.3 Å². The monoisotopic (exact) mass is 468 g/mol. The van der Waals surface area contributed by atoms with Gasteiger partial charge in [-0.1, -0.05) is 12.7 Å². The van der Waals surface area contributed by atoms with Crippen molar-refractivity contribution < 1.29 is 26.4 Å². The number of carbonyl (C=O) groups is 1. The molecule has 0 bridgehead atoms. The molecule has 0 aliphatic rings. The molecule has 0 saturated heterocycles. The summed E-state index contributed by atoms with van der Waals surface area (Å²) in [7, 11) is -3.69. The second-order valence-electron chi connectivity index (χ2n) is 6.68. The number of nitrogens with one attached hydrogen (secondary N) is 3. The average Bonchev–Trinajstić information content (AvgIpc) is 2.72. The first-order valence-corrected chi connectivity index (χ1v) is 11.3. The van der Waals surface area contributed by atoms with E-state index in [2.05, 4.69) is 26.9 Å². The number of alkyl halides is 2. The SMILES string of the molecule is C=Cc1cc(CNC(=O)/C=C/c2ccc(C(F)F)nc2NCC)cc(F)c1NS(C)(=O)=O. The van der Waals surface area contributed by atoms with Gasteiger partial charge < -0.3 is 10.6 Å². The lowest BCUT2D eigenvalue weighted by Gasteiger charge is -2.12. The molecule has 1 aromatic carbocycles. The first-order valence-electron chi connectivity index (χ1n) is 9.45. The molecule has 1 heterocycles. The van der Waals surface area contributed by atoms with E-state index in [0.717, 1.165) is 12.3 Å². The molecule has 0 saturated carbocycles. The van der Waals surface area contributed by atoms with Crippen molar-refractivity contribution >= 4 is 39.6 Å². The lowest BCUT2D eigenvalue weighted by Crippen LogP contribution is -2.20. The van der Waals surface area contributed by atoms with E-state index in [1.807, 2.05) is 0 Å². The number of hydrogen-bond acceptors (Lipinski definition) is 5. The van der Waals surface area contributed by atoms with Crippen LogP contribution in [0.1, 0.15) is 35.7 Å². The van der Waals surface area contributed by atoms with Crippen molar-refractivity contribution in [3.05, 3.63) is 65.1 Å². The van der Waals surface area contributed by atoms with Gasteiger partial charge in [0.2, 0.25) is 15.9 Å². The molecule has 11 heteroatoms. The predicted octanol–water partition coefficient (Wildman–Crippen LogP) is 3.93. The lowest BCUT2D eigenvalue weighted by molar-refractivity contribution is -0.116. The topological polar surface area (TPSA) is 100 Å². The molecule has 172 valence electrons.